The summed E-state index contributed by atoms with van der Waals surface area (Å²) >= 11 is 0. The number of carbonyl (C=O) groups excluding carboxylic acids is 1. The molecule has 0 saturated carbocycles. The summed E-state index contributed by atoms with van der Waals surface area (Å²) < 4.78 is 2.03. The number of fused-ring (bicyclic) bond motifs is 1. The molecule has 3 aromatic rings. The molecule has 3 rings (SSSR count). The predicted molar refractivity (Wildman–Crippen MR) is 86.9 cm³/mol. The van der Waals surface area contributed by atoms with Crippen LogP contribution in [0, 0.1) is 20.8 Å². The summed E-state index contributed by atoms with van der Waals surface area (Å²) in [5, 5.41) is 1.21. The molecule has 1 heterocycles. The van der Waals surface area contributed by atoms with Crippen molar-refractivity contribution in [2.75, 3.05) is 0 Å². The van der Waals surface area contributed by atoms with Crippen LogP contribution >= 0.6 is 0 Å². The van der Waals surface area contributed by atoms with Gasteiger partial charge in [-0.15, -0.1) is 0 Å². The number of benzene rings is 2. The van der Waals surface area contributed by atoms with Crippen LogP contribution in [0.3, 0.4) is 0 Å². The summed E-state index contributed by atoms with van der Waals surface area (Å²) in [6.07, 6.45) is 2.00. The number of Topliss-reactive ketones (excluding diaryl/α,β-unsaturated/α-hetero) is 1. The number of carbonyl (C=O) groups is 1. The molecular formula is C19H19NO. The lowest BCUT2D eigenvalue weighted by atomic mass is 10.0. The topological polar surface area (TPSA) is 22.0 Å². The average Bonchev–Trinajstić information content (AvgIpc) is 2.83. The minimum absolute atomic E-state index is 0.159. The number of aryl methyl sites for hydroxylation is 3. The molecule has 0 amide bonds. The SMILES string of the molecule is Cc1ccc(C(=O)Cn2ccc3c(C)cccc32)c(C)c1. The quantitative estimate of drug-likeness (QED) is 0.648. The maximum Gasteiger partial charge on any atom is 0.182 e. The molecule has 0 atom stereocenters. The van der Waals surface area contributed by atoms with Gasteiger partial charge in [0.1, 0.15) is 0 Å². The Balaban J connectivity index is 1.95. The van der Waals surface area contributed by atoms with E-state index in [0.717, 1.165) is 16.6 Å². The van der Waals surface area contributed by atoms with Crippen molar-refractivity contribution < 1.29 is 4.79 Å². The van der Waals surface area contributed by atoms with Gasteiger partial charge in [0.2, 0.25) is 0 Å². The largest absolute Gasteiger partial charge is 0.340 e. The maximum atomic E-state index is 12.6. The molecule has 2 nitrogen and oxygen atoms in total. The summed E-state index contributed by atoms with van der Waals surface area (Å²) in [5.74, 6) is 0.159. The van der Waals surface area contributed by atoms with E-state index < -0.39 is 0 Å². The fraction of sp³-hybridized carbons (Fsp3) is 0.211. The Morgan fingerprint density at radius 1 is 1.00 bits per heavy atom. The minimum atomic E-state index is 0.159. The summed E-state index contributed by atoms with van der Waals surface area (Å²) in [4.78, 5) is 12.6. The summed E-state index contributed by atoms with van der Waals surface area (Å²) in [6.45, 7) is 6.52. The second-order valence-corrected chi connectivity index (χ2v) is 5.69. The zero-order chi connectivity index (χ0) is 15.0. The van der Waals surface area contributed by atoms with Crippen LogP contribution in [0.15, 0.2) is 48.7 Å². The Morgan fingerprint density at radius 3 is 2.57 bits per heavy atom. The zero-order valence-electron chi connectivity index (χ0n) is 12.7. The molecule has 0 aliphatic heterocycles. The number of nitrogens with zero attached hydrogens (tertiary/aromatic N) is 1. The first-order chi connectivity index (χ1) is 10.1. The highest BCUT2D eigenvalue weighted by Crippen LogP contribution is 2.20. The molecule has 0 radical (unpaired) electrons. The number of rotatable bonds is 3. The van der Waals surface area contributed by atoms with Crippen LogP contribution in [0.5, 0.6) is 0 Å². The third-order valence-electron chi connectivity index (χ3n) is 4.03. The van der Waals surface area contributed by atoms with Crippen molar-refractivity contribution in [2.45, 2.75) is 27.3 Å². The molecule has 21 heavy (non-hydrogen) atoms. The average molecular weight is 277 g/mol. The van der Waals surface area contributed by atoms with Crippen molar-refractivity contribution in [1.82, 2.24) is 4.57 Å². The van der Waals surface area contributed by atoms with E-state index in [1.807, 2.05) is 42.8 Å². The summed E-state index contributed by atoms with van der Waals surface area (Å²) in [6, 6.07) is 14.3. The van der Waals surface area contributed by atoms with Crippen molar-refractivity contribution in [3.8, 4) is 0 Å². The molecular weight excluding hydrogens is 258 g/mol. The summed E-state index contributed by atoms with van der Waals surface area (Å²) in [7, 11) is 0. The van der Waals surface area contributed by atoms with Gasteiger partial charge in [0.15, 0.2) is 5.78 Å². The highest BCUT2D eigenvalue weighted by atomic mass is 16.1. The Labute approximate surface area is 125 Å². The Bertz CT molecular complexity index is 827. The molecule has 0 bridgehead atoms. The molecule has 2 heteroatoms. The lowest BCUT2D eigenvalue weighted by Crippen LogP contribution is -2.11. The van der Waals surface area contributed by atoms with Crippen LogP contribution in [-0.2, 0) is 6.54 Å². The Morgan fingerprint density at radius 2 is 1.81 bits per heavy atom. The van der Waals surface area contributed by atoms with E-state index in [4.69, 9.17) is 0 Å². The first-order valence-electron chi connectivity index (χ1n) is 7.21. The van der Waals surface area contributed by atoms with Crippen molar-refractivity contribution in [3.05, 3.63) is 70.9 Å². The number of aromatic nitrogens is 1. The molecule has 0 saturated heterocycles. The van der Waals surface area contributed by atoms with E-state index in [1.54, 1.807) is 0 Å². The molecule has 106 valence electrons. The van der Waals surface area contributed by atoms with E-state index in [9.17, 15) is 4.79 Å². The van der Waals surface area contributed by atoms with Crippen molar-refractivity contribution in [3.63, 3.8) is 0 Å². The molecule has 0 unspecified atom stereocenters. The Kier molecular flexibility index (Phi) is 3.38. The lowest BCUT2D eigenvalue weighted by molar-refractivity contribution is 0.0973. The van der Waals surface area contributed by atoms with Gasteiger partial charge in [-0.1, -0.05) is 35.9 Å². The number of hydrogen-bond donors (Lipinski definition) is 0. The van der Waals surface area contributed by atoms with Gasteiger partial charge in [0.25, 0.3) is 0 Å². The second kappa shape index (κ2) is 5.21. The number of hydrogen-bond acceptors (Lipinski definition) is 1. The van der Waals surface area contributed by atoms with Gasteiger partial charge < -0.3 is 4.57 Å². The zero-order valence-corrected chi connectivity index (χ0v) is 12.7. The van der Waals surface area contributed by atoms with Crippen LogP contribution in [0.2, 0.25) is 0 Å². The van der Waals surface area contributed by atoms with Crippen LogP contribution < -0.4 is 0 Å². The van der Waals surface area contributed by atoms with Gasteiger partial charge in [0.05, 0.1) is 6.54 Å². The first-order valence-corrected chi connectivity index (χ1v) is 7.21. The van der Waals surface area contributed by atoms with Crippen LogP contribution in [0.4, 0.5) is 0 Å². The number of ketones is 1. The molecule has 0 fully saturated rings. The van der Waals surface area contributed by atoms with Gasteiger partial charge in [-0.2, -0.15) is 0 Å². The fourth-order valence-corrected chi connectivity index (χ4v) is 2.88. The molecule has 2 aromatic carbocycles. The molecule has 0 aliphatic rings. The third-order valence-corrected chi connectivity index (χ3v) is 4.03. The summed E-state index contributed by atoms with van der Waals surface area (Å²) in [5.41, 5.74) is 5.41. The van der Waals surface area contributed by atoms with Gasteiger partial charge in [0, 0.05) is 22.7 Å². The van der Waals surface area contributed by atoms with Gasteiger partial charge in [-0.25, -0.2) is 0 Å². The smallest absolute Gasteiger partial charge is 0.182 e. The highest BCUT2D eigenvalue weighted by molar-refractivity contribution is 5.98. The normalized spacial score (nSPS) is 11.0. The van der Waals surface area contributed by atoms with Crippen LogP contribution in [0.25, 0.3) is 10.9 Å². The third kappa shape index (κ3) is 2.49. The lowest BCUT2D eigenvalue weighted by Gasteiger charge is -2.08. The monoisotopic (exact) mass is 277 g/mol. The van der Waals surface area contributed by atoms with Crippen molar-refractivity contribution >= 4 is 16.7 Å². The van der Waals surface area contributed by atoms with E-state index in [1.165, 1.54) is 16.5 Å². The predicted octanol–water partition coefficient (Wildman–Crippen LogP) is 4.45. The van der Waals surface area contributed by atoms with Gasteiger partial charge in [-0.05, 0) is 44.0 Å². The van der Waals surface area contributed by atoms with E-state index in [2.05, 4.69) is 31.2 Å². The Hall–Kier alpha value is -2.35. The standard InChI is InChI=1S/C19H19NO/c1-13-7-8-17(15(3)11-13)19(21)12-20-10-9-16-14(2)5-4-6-18(16)20/h4-11H,12H2,1-3H3. The second-order valence-electron chi connectivity index (χ2n) is 5.69. The minimum Gasteiger partial charge on any atom is -0.340 e. The van der Waals surface area contributed by atoms with Gasteiger partial charge >= 0.3 is 0 Å². The highest BCUT2D eigenvalue weighted by Gasteiger charge is 2.11. The van der Waals surface area contributed by atoms with E-state index >= 15 is 0 Å². The van der Waals surface area contributed by atoms with Gasteiger partial charge in [-0.3, -0.25) is 4.79 Å². The van der Waals surface area contributed by atoms with Crippen molar-refractivity contribution in [2.24, 2.45) is 0 Å². The van der Waals surface area contributed by atoms with Crippen LogP contribution in [-0.4, -0.2) is 10.4 Å². The van der Waals surface area contributed by atoms with Crippen molar-refractivity contribution in [1.29, 1.82) is 0 Å². The molecule has 1 aromatic heterocycles. The fourth-order valence-electron chi connectivity index (χ4n) is 2.88. The molecule has 0 N–H and O–H groups in total. The van der Waals surface area contributed by atoms with E-state index in [0.29, 0.717) is 6.54 Å². The maximum absolute atomic E-state index is 12.6. The first kappa shape index (κ1) is 13.6. The van der Waals surface area contributed by atoms with Crippen LogP contribution in [0.1, 0.15) is 27.0 Å². The van der Waals surface area contributed by atoms with E-state index in [-0.39, 0.29) is 5.78 Å². The molecule has 0 spiro atoms. The molecule has 0 aliphatic carbocycles.